The van der Waals surface area contributed by atoms with Crippen LogP contribution in [0.3, 0.4) is 0 Å². The molecule has 2 N–H and O–H groups in total. The molecule has 0 saturated heterocycles. The number of methoxy groups -OCH3 is 2. The monoisotopic (exact) mass is 697 g/mol. The predicted molar refractivity (Wildman–Crippen MR) is 193 cm³/mol. The van der Waals surface area contributed by atoms with E-state index in [-0.39, 0.29) is 35.3 Å². The van der Waals surface area contributed by atoms with E-state index in [1.807, 2.05) is 26.8 Å². The molecule has 0 bridgehead atoms. The van der Waals surface area contributed by atoms with Gasteiger partial charge >= 0.3 is 0 Å². The van der Waals surface area contributed by atoms with Crippen molar-refractivity contribution in [3.8, 4) is 12.0 Å². The van der Waals surface area contributed by atoms with Crippen molar-refractivity contribution in [1.82, 2.24) is 39.7 Å². The van der Waals surface area contributed by atoms with Gasteiger partial charge in [-0.05, 0) is 51.7 Å². The first kappa shape index (κ1) is 36.3. The van der Waals surface area contributed by atoms with E-state index in [1.54, 1.807) is 26.7 Å². The van der Waals surface area contributed by atoms with Gasteiger partial charge in [0.1, 0.15) is 22.2 Å². The number of H-pyrrole nitrogens is 1. The van der Waals surface area contributed by atoms with Crippen LogP contribution in [0.15, 0.2) is 50.9 Å². The van der Waals surface area contributed by atoms with Crippen molar-refractivity contribution >= 4 is 46.2 Å². The number of nitrogens with zero attached hydrogens (tertiary/aromatic N) is 11. The van der Waals surface area contributed by atoms with Crippen molar-refractivity contribution in [2.45, 2.75) is 76.4 Å². The van der Waals surface area contributed by atoms with Gasteiger partial charge in [0.15, 0.2) is 17.2 Å². The molecule has 0 aliphatic carbocycles. The van der Waals surface area contributed by atoms with Gasteiger partial charge in [0.2, 0.25) is 11.8 Å². The number of aromatic amines is 1. The number of nitrogens with one attached hydrogen (secondary N) is 2. The van der Waals surface area contributed by atoms with Gasteiger partial charge in [-0.1, -0.05) is 43.8 Å². The standard InChI is InChI=1S/C34H43N13O2S/c1-10-46(23(7)17-49-9)34-41-31(39-22(6)16-48-8)26(32(42-34)50-28-20(4)12-11-13-21(28)5)43-44-29-24(14-35)27(19(2)3)47(45-29)33-36-15-25-30(40-33)38-18-37-25/h11-13,15,18-19,22-23H,10,16-17H2,1-9H3,(H,39,41,42)(H,36,37,38,40). The van der Waals surface area contributed by atoms with Crippen LogP contribution < -0.4 is 10.2 Å². The number of rotatable bonds is 15. The Morgan fingerprint density at radius 3 is 2.44 bits per heavy atom. The number of azo groups is 1. The largest absolute Gasteiger partial charge is 0.383 e. The molecule has 16 heteroatoms. The van der Waals surface area contributed by atoms with E-state index in [9.17, 15) is 5.26 Å². The van der Waals surface area contributed by atoms with Crippen LogP contribution in [-0.2, 0) is 9.47 Å². The molecule has 0 amide bonds. The van der Waals surface area contributed by atoms with Crippen molar-refractivity contribution in [2.24, 2.45) is 10.2 Å². The van der Waals surface area contributed by atoms with Crippen molar-refractivity contribution in [3.05, 3.63) is 53.1 Å². The summed E-state index contributed by atoms with van der Waals surface area (Å²) in [4.78, 5) is 29.5. The second kappa shape index (κ2) is 16.2. The molecule has 4 aromatic heterocycles. The van der Waals surface area contributed by atoms with Crippen LogP contribution in [-0.4, -0.2) is 85.7 Å². The molecule has 2 unspecified atom stereocenters. The third-order valence-electron chi connectivity index (χ3n) is 7.94. The molecule has 0 saturated carbocycles. The number of hydrogen-bond donors (Lipinski definition) is 2. The number of likely N-dealkylation sites (N-methyl/N-ethyl adjacent to an activating group) is 1. The smallest absolute Gasteiger partial charge is 0.253 e. The van der Waals surface area contributed by atoms with Gasteiger partial charge in [0.25, 0.3) is 5.95 Å². The Morgan fingerprint density at radius 2 is 1.78 bits per heavy atom. The minimum absolute atomic E-state index is 0.000661. The molecule has 4 heterocycles. The Kier molecular flexibility index (Phi) is 11.7. The highest BCUT2D eigenvalue weighted by atomic mass is 32.2. The Labute approximate surface area is 296 Å². The molecule has 15 nitrogen and oxygen atoms in total. The minimum Gasteiger partial charge on any atom is -0.383 e. The molecule has 0 aliphatic heterocycles. The highest BCUT2D eigenvalue weighted by Crippen LogP contribution is 2.43. The first-order chi connectivity index (χ1) is 24.1. The van der Waals surface area contributed by atoms with Crippen LogP contribution in [0.25, 0.3) is 17.1 Å². The number of aromatic nitrogens is 8. The molecule has 262 valence electrons. The predicted octanol–water partition coefficient (Wildman–Crippen LogP) is 6.82. The Morgan fingerprint density at radius 1 is 1.04 bits per heavy atom. The number of fused-ring (bicyclic) bond motifs is 1. The fourth-order valence-electron chi connectivity index (χ4n) is 5.59. The normalized spacial score (nSPS) is 12.9. The van der Waals surface area contributed by atoms with Gasteiger partial charge in [-0.15, -0.1) is 15.3 Å². The molecule has 50 heavy (non-hydrogen) atoms. The van der Waals surface area contributed by atoms with Crippen LogP contribution in [0, 0.1) is 25.2 Å². The number of benzene rings is 1. The second-order valence-electron chi connectivity index (χ2n) is 12.2. The highest BCUT2D eigenvalue weighted by Gasteiger charge is 2.26. The van der Waals surface area contributed by atoms with Crippen LogP contribution >= 0.6 is 11.8 Å². The van der Waals surface area contributed by atoms with Crippen LogP contribution in [0.5, 0.6) is 0 Å². The molecular weight excluding hydrogens is 655 g/mol. The number of nitriles is 1. The SMILES string of the molecule is CCN(c1nc(NC(C)COC)c(N=Nc2nn(-c3ncc4[nH]cnc4n3)c(C(C)C)c2C#N)c(Sc2c(C)cccc2C)n1)C(C)COC. The Balaban J connectivity index is 1.71. The van der Waals surface area contributed by atoms with Crippen LogP contribution in [0.2, 0.25) is 0 Å². The van der Waals surface area contributed by atoms with Crippen LogP contribution in [0.1, 0.15) is 62.9 Å². The van der Waals surface area contributed by atoms with Gasteiger partial charge in [-0.3, -0.25) is 0 Å². The first-order valence-corrected chi connectivity index (χ1v) is 17.2. The van der Waals surface area contributed by atoms with E-state index >= 15 is 0 Å². The summed E-state index contributed by atoms with van der Waals surface area (Å²) in [5.74, 6) is 1.26. The third-order valence-corrected chi connectivity index (χ3v) is 9.27. The molecular formula is C34H43N13O2S. The van der Waals surface area contributed by atoms with E-state index in [4.69, 9.17) is 29.7 Å². The zero-order valence-electron chi connectivity index (χ0n) is 29.9. The van der Waals surface area contributed by atoms with Crippen molar-refractivity contribution in [3.63, 3.8) is 0 Å². The number of ether oxygens (including phenoxy) is 2. The quantitative estimate of drug-likeness (QED) is 0.0862. The van der Waals surface area contributed by atoms with Gasteiger partial charge in [0.05, 0.1) is 37.5 Å². The molecule has 0 spiro atoms. The zero-order valence-corrected chi connectivity index (χ0v) is 30.7. The lowest BCUT2D eigenvalue weighted by Crippen LogP contribution is -2.37. The van der Waals surface area contributed by atoms with E-state index in [2.05, 4.69) is 81.2 Å². The summed E-state index contributed by atoms with van der Waals surface area (Å²) in [6.45, 7) is 15.8. The minimum atomic E-state index is -0.128. The Bertz CT molecular complexity index is 2000. The first-order valence-electron chi connectivity index (χ1n) is 16.4. The molecule has 2 atom stereocenters. The molecule has 5 aromatic rings. The van der Waals surface area contributed by atoms with Gasteiger partial charge in [0, 0.05) is 31.7 Å². The fourth-order valence-corrected chi connectivity index (χ4v) is 6.60. The van der Waals surface area contributed by atoms with Gasteiger partial charge < -0.3 is 24.7 Å². The summed E-state index contributed by atoms with van der Waals surface area (Å²) in [6.07, 6.45) is 3.18. The summed E-state index contributed by atoms with van der Waals surface area (Å²) in [5.41, 5.74) is 4.64. The summed E-state index contributed by atoms with van der Waals surface area (Å²) in [7, 11) is 3.33. The average molecular weight is 698 g/mol. The molecule has 1 aromatic carbocycles. The zero-order chi connectivity index (χ0) is 35.9. The summed E-state index contributed by atoms with van der Waals surface area (Å²) >= 11 is 1.49. The molecule has 0 aliphatic rings. The number of hydrogen-bond acceptors (Lipinski definition) is 14. The van der Waals surface area contributed by atoms with Crippen molar-refractivity contribution < 1.29 is 9.47 Å². The molecule has 0 fully saturated rings. The fraction of sp³-hybridized carbons (Fsp3) is 0.441. The maximum Gasteiger partial charge on any atom is 0.253 e. The summed E-state index contributed by atoms with van der Waals surface area (Å²) < 4.78 is 12.5. The maximum absolute atomic E-state index is 10.4. The van der Waals surface area contributed by atoms with Crippen molar-refractivity contribution in [2.75, 3.05) is 44.2 Å². The Hall–Kier alpha value is -4.98. The number of imidazole rings is 1. The van der Waals surface area contributed by atoms with Gasteiger partial charge in [-0.2, -0.15) is 19.9 Å². The lowest BCUT2D eigenvalue weighted by atomic mass is 10.1. The average Bonchev–Trinajstić information content (AvgIpc) is 3.71. The maximum atomic E-state index is 10.4. The third kappa shape index (κ3) is 7.75. The second-order valence-corrected chi connectivity index (χ2v) is 13.2. The van der Waals surface area contributed by atoms with E-state index < -0.39 is 0 Å². The number of aryl methyl sites for hydroxylation is 2. The lowest BCUT2D eigenvalue weighted by Gasteiger charge is -2.29. The summed E-state index contributed by atoms with van der Waals surface area (Å²) in [6, 6.07) is 8.33. The van der Waals surface area contributed by atoms with Crippen LogP contribution in [0.4, 0.5) is 23.3 Å². The highest BCUT2D eigenvalue weighted by molar-refractivity contribution is 7.99. The van der Waals surface area contributed by atoms with Gasteiger partial charge in [-0.25, -0.2) is 15.0 Å². The van der Waals surface area contributed by atoms with E-state index in [0.29, 0.717) is 59.1 Å². The molecule has 5 rings (SSSR count). The topological polar surface area (TPSA) is 180 Å². The number of anilines is 2. The van der Waals surface area contributed by atoms with Crippen molar-refractivity contribution in [1.29, 1.82) is 5.26 Å². The summed E-state index contributed by atoms with van der Waals surface area (Å²) in [5, 5.41) is 28.5. The molecule has 0 radical (unpaired) electrons. The lowest BCUT2D eigenvalue weighted by molar-refractivity contribution is 0.181. The van der Waals surface area contributed by atoms with E-state index in [0.717, 1.165) is 16.0 Å². The van der Waals surface area contributed by atoms with E-state index in [1.165, 1.54) is 16.4 Å².